The lowest BCUT2D eigenvalue weighted by molar-refractivity contribution is -0.134. The summed E-state index contributed by atoms with van der Waals surface area (Å²) in [6.45, 7) is 6.10. The van der Waals surface area contributed by atoms with Gasteiger partial charge in [0.25, 0.3) is 0 Å². The van der Waals surface area contributed by atoms with Crippen LogP contribution in [0.3, 0.4) is 0 Å². The molecule has 0 spiro atoms. The van der Waals surface area contributed by atoms with Crippen LogP contribution in [0.15, 0.2) is 24.3 Å². The maximum atomic E-state index is 12.4. The number of nitrogens with zero attached hydrogens (tertiary/aromatic N) is 1. The van der Waals surface area contributed by atoms with Crippen molar-refractivity contribution in [3.05, 3.63) is 29.8 Å². The average Bonchev–Trinajstić information content (AvgIpc) is 2.52. The van der Waals surface area contributed by atoms with Crippen LogP contribution in [0, 0.1) is 5.92 Å². The Morgan fingerprint density at radius 3 is 2.52 bits per heavy atom. The Hall–Kier alpha value is -1.55. The second-order valence-corrected chi connectivity index (χ2v) is 5.73. The minimum absolute atomic E-state index is 0.00625. The summed E-state index contributed by atoms with van der Waals surface area (Å²) in [6.07, 6.45) is 1.65. The molecule has 21 heavy (non-hydrogen) atoms. The largest absolute Gasteiger partial charge is 0.496 e. The number of carbonyl (C=O) groups is 1. The highest BCUT2D eigenvalue weighted by atomic mass is 16.5. The summed E-state index contributed by atoms with van der Waals surface area (Å²) >= 11 is 0. The first-order valence-electron chi connectivity index (χ1n) is 7.56. The van der Waals surface area contributed by atoms with E-state index in [1.807, 2.05) is 45.2 Å². The average molecular weight is 292 g/mol. The Morgan fingerprint density at radius 1 is 1.33 bits per heavy atom. The third-order valence-electron chi connectivity index (χ3n) is 4.26. The molecule has 0 aliphatic rings. The predicted molar refractivity (Wildman–Crippen MR) is 86.4 cm³/mol. The molecular weight excluding hydrogens is 264 g/mol. The minimum Gasteiger partial charge on any atom is -0.496 e. The van der Waals surface area contributed by atoms with Crippen LogP contribution in [0.4, 0.5) is 0 Å². The fourth-order valence-electron chi connectivity index (χ4n) is 2.28. The lowest BCUT2D eigenvalue weighted by Crippen LogP contribution is -2.49. The molecule has 2 N–H and O–H groups in total. The number of hydrogen-bond donors (Lipinski definition) is 1. The molecule has 118 valence electrons. The van der Waals surface area contributed by atoms with E-state index in [-0.39, 0.29) is 17.9 Å². The Kier molecular flexibility index (Phi) is 6.69. The summed E-state index contributed by atoms with van der Waals surface area (Å²) in [4.78, 5) is 14.2. The van der Waals surface area contributed by atoms with E-state index in [0.717, 1.165) is 24.2 Å². The van der Waals surface area contributed by atoms with Gasteiger partial charge in [0.1, 0.15) is 5.75 Å². The van der Waals surface area contributed by atoms with Crippen LogP contribution < -0.4 is 10.5 Å². The van der Waals surface area contributed by atoms with E-state index in [0.29, 0.717) is 0 Å². The van der Waals surface area contributed by atoms with Crippen molar-refractivity contribution in [1.82, 2.24) is 4.90 Å². The third kappa shape index (κ3) is 4.46. The molecule has 1 aromatic rings. The monoisotopic (exact) mass is 292 g/mol. The number of hydrogen-bond acceptors (Lipinski definition) is 3. The first-order chi connectivity index (χ1) is 9.92. The maximum absolute atomic E-state index is 12.4. The zero-order chi connectivity index (χ0) is 16.0. The molecule has 0 fully saturated rings. The van der Waals surface area contributed by atoms with E-state index >= 15 is 0 Å². The van der Waals surface area contributed by atoms with Crippen LogP contribution in [-0.2, 0) is 11.2 Å². The lowest BCUT2D eigenvalue weighted by atomic mass is 9.97. The quantitative estimate of drug-likeness (QED) is 0.840. The molecule has 0 bridgehead atoms. The van der Waals surface area contributed by atoms with E-state index in [4.69, 9.17) is 10.5 Å². The summed E-state index contributed by atoms with van der Waals surface area (Å²) in [7, 11) is 3.49. The van der Waals surface area contributed by atoms with E-state index in [1.54, 1.807) is 12.0 Å². The third-order valence-corrected chi connectivity index (χ3v) is 4.26. The fraction of sp³-hybridized carbons (Fsp3) is 0.588. The molecule has 0 aromatic heterocycles. The van der Waals surface area contributed by atoms with Crippen LogP contribution in [0.25, 0.3) is 0 Å². The number of ether oxygens (including phenoxy) is 1. The van der Waals surface area contributed by atoms with E-state index in [2.05, 4.69) is 6.92 Å². The zero-order valence-electron chi connectivity index (χ0n) is 13.8. The number of nitrogens with two attached hydrogens (primary N) is 1. The van der Waals surface area contributed by atoms with Crippen molar-refractivity contribution in [2.75, 3.05) is 14.2 Å². The van der Waals surface area contributed by atoms with Crippen LogP contribution in [0.1, 0.15) is 32.8 Å². The Bertz CT molecular complexity index is 462. The summed E-state index contributed by atoms with van der Waals surface area (Å²) in [5.74, 6) is 1.06. The molecule has 1 aromatic carbocycles. The number of rotatable bonds is 7. The van der Waals surface area contributed by atoms with Crippen molar-refractivity contribution in [3.8, 4) is 5.75 Å². The second kappa shape index (κ2) is 8.03. The number of benzene rings is 1. The Labute approximate surface area is 128 Å². The molecule has 0 saturated heterocycles. The lowest BCUT2D eigenvalue weighted by Gasteiger charge is -2.30. The van der Waals surface area contributed by atoms with Crippen molar-refractivity contribution in [2.45, 2.75) is 45.7 Å². The molecule has 0 aliphatic heterocycles. The van der Waals surface area contributed by atoms with E-state index in [1.165, 1.54) is 0 Å². The zero-order valence-corrected chi connectivity index (χ0v) is 13.8. The summed E-state index contributed by atoms with van der Waals surface area (Å²) in [6, 6.07) is 7.54. The van der Waals surface area contributed by atoms with Gasteiger partial charge in [-0.3, -0.25) is 4.79 Å². The fourth-order valence-corrected chi connectivity index (χ4v) is 2.28. The van der Waals surface area contributed by atoms with Crippen LogP contribution in [0.5, 0.6) is 5.75 Å². The molecule has 2 unspecified atom stereocenters. The van der Waals surface area contributed by atoms with Gasteiger partial charge in [0, 0.05) is 13.1 Å². The summed E-state index contributed by atoms with van der Waals surface area (Å²) < 4.78 is 5.36. The Morgan fingerprint density at radius 2 is 1.95 bits per heavy atom. The molecule has 3 atom stereocenters. The molecule has 4 nitrogen and oxygen atoms in total. The van der Waals surface area contributed by atoms with Crippen molar-refractivity contribution < 1.29 is 9.53 Å². The normalized spacial score (nSPS) is 15.1. The topological polar surface area (TPSA) is 55.6 Å². The van der Waals surface area contributed by atoms with Crippen molar-refractivity contribution >= 4 is 5.91 Å². The number of methoxy groups -OCH3 is 1. The predicted octanol–water partition coefficient (Wildman–Crippen LogP) is 2.46. The standard InChI is InChI=1S/C17H28N2O2/c1-6-12(2)16(18)17(20)19(4)13(3)11-14-9-7-8-10-15(14)21-5/h7-10,12-13,16H,6,11,18H2,1-5H3/t12?,13?,16-/m0/s1. The van der Waals surface area contributed by atoms with Gasteiger partial charge in [-0.15, -0.1) is 0 Å². The summed E-state index contributed by atoms with van der Waals surface area (Å²) in [5, 5.41) is 0. The van der Waals surface area contributed by atoms with E-state index < -0.39 is 6.04 Å². The van der Waals surface area contributed by atoms with Crippen molar-refractivity contribution in [1.29, 1.82) is 0 Å². The highest BCUT2D eigenvalue weighted by Gasteiger charge is 2.25. The molecule has 1 amide bonds. The van der Waals surface area contributed by atoms with Gasteiger partial charge in [0.05, 0.1) is 13.2 Å². The molecule has 0 radical (unpaired) electrons. The number of likely N-dealkylation sites (N-methyl/N-ethyl adjacent to an activating group) is 1. The number of amides is 1. The number of carbonyl (C=O) groups excluding carboxylic acids is 1. The first-order valence-corrected chi connectivity index (χ1v) is 7.56. The first kappa shape index (κ1) is 17.5. The Balaban J connectivity index is 2.74. The highest BCUT2D eigenvalue weighted by Crippen LogP contribution is 2.20. The highest BCUT2D eigenvalue weighted by molar-refractivity contribution is 5.82. The molecule has 1 rings (SSSR count). The smallest absolute Gasteiger partial charge is 0.239 e. The van der Waals surface area contributed by atoms with Gasteiger partial charge in [-0.25, -0.2) is 0 Å². The van der Waals surface area contributed by atoms with Gasteiger partial charge in [-0.2, -0.15) is 0 Å². The van der Waals surface area contributed by atoms with Gasteiger partial charge in [0.2, 0.25) is 5.91 Å². The van der Waals surface area contributed by atoms with Gasteiger partial charge < -0.3 is 15.4 Å². The number of para-hydroxylation sites is 1. The van der Waals surface area contributed by atoms with Gasteiger partial charge in [-0.1, -0.05) is 38.5 Å². The van der Waals surface area contributed by atoms with Gasteiger partial charge in [0.15, 0.2) is 0 Å². The molecular formula is C17H28N2O2. The summed E-state index contributed by atoms with van der Waals surface area (Å²) in [5.41, 5.74) is 7.14. The van der Waals surface area contributed by atoms with Crippen molar-refractivity contribution in [2.24, 2.45) is 11.7 Å². The van der Waals surface area contributed by atoms with Crippen LogP contribution in [-0.4, -0.2) is 37.0 Å². The molecule has 0 saturated carbocycles. The van der Waals surface area contributed by atoms with Crippen LogP contribution >= 0.6 is 0 Å². The second-order valence-electron chi connectivity index (χ2n) is 5.73. The van der Waals surface area contributed by atoms with Crippen LogP contribution in [0.2, 0.25) is 0 Å². The van der Waals surface area contributed by atoms with Gasteiger partial charge in [-0.05, 0) is 30.9 Å². The van der Waals surface area contributed by atoms with E-state index in [9.17, 15) is 4.79 Å². The maximum Gasteiger partial charge on any atom is 0.239 e. The van der Waals surface area contributed by atoms with Gasteiger partial charge >= 0.3 is 0 Å². The molecule has 0 heterocycles. The molecule has 4 heteroatoms. The molecule has 0 aliphatic carbocycles. The SMILES string of the molecule is CCC(C)[C@H](N)C(=O)N(C)C(C)Cc1ccccc1OC. The van der Waals surface area contributed by atoms with Crippen molar-refractivity contribution in [3.63, 3.8) is 0 Å². The minimum atomic E-state index is -0.430.